The van der Waals surface area contributed by atoms with Crippen molar-refractivity contribution in [3.63, 3.8) is 0 Å². The quantitative estimate of drug-likeness (QED) is 0.727. The molecule has 2 heterocycles. The fourth-order valence-electron chi connectivity index (χ4n) is 2.01. The van der Waals surface area contributed by atoms with Gasteiger partial charge in [0.1, 0.15) is 5.75 Å². The highest BCUT2D eigenvalue weighted by Gasteiger charge is 2.08. The molecule has 3 aromatic rings. The lowest BCUT2D eigenvalue weighted by molar-refractivity contribution is 0.460. The van der Waals surface area contributed by atoms with Gasteiger partial charge < -0.3 is 9.30 Å². The van der Waals surface area contributed by atoms with Gasteiger partial charge in [-0.3, -0.25) is 4.98 Å². The molecule has 1 aromatic carbocycles. The molecule has 0 amide bonds. The molecule has 0 aliphatic heterocycles. The largest absolute Gasteiger partial charge is 0.437 e. The summed E-state index contributed by atoms with van der Waals surface area (Å²) in [4.78, 5) is 8.05. The Morgan fingerprint density at radius 2 is 2.21 bits per heavy atom. The summed E-state index contributed by atoms with van der Waals surface area (Å²) < 4.78 is 7.75. The van der Waals surface area contributed by atoms with Crippen molar-refractivity contribution in [2.75, 3.05) is 0 Å². The average molecular weight is 274 g/mol. The number of halogens is 1. The lowest BCUT2D eigenvalue weighted by Gasteiger charge is -2.05. The minimum atomic E-state index is 0.475. The Balaban J connectivity index is 2.01. The molecule has 5 heteroatoms. The Kier molecular flexibility index (Phi) is 3.09. The Morgan fingerprint density at radius 3 is 2.95 bits per heavy atom. The van der Waals surface area contributed by atoms with Crippen LogP contribution in [0.25, 0.3) is 10.9 Å². The number of hydrogen-bond acceptors (Lipinski definition) is 3. The SMILES string of the molecule is CCn1cc(Cl)c2ccc(Oc3cnccn3)cc21. The second kappa shape index (κ2) is 4.90. The summed E-state index contributed by atoms with van der Waals surface area (Å²) in [6, 6.07) is 5.79. The van der Waals surface area contributed by atoms with Crippen LogP contribution in [0.15, 0.2) is 43.0 Å². The lowest BCUT2D eigenvalue weighted by atomic mass is 10.2. The zero-order chi connectivity index (χ0) is 13.2. The van der Waals surface area contributed by atoms with E-state index in [1.807, 2.05) is 24.4 Å². The van der Waals surface area contributed by atoms with Crippen LogP contribution in [0.5, 0.6) is 11.6 Å². The molecule has 0 aliphatic rings. The molecule has 19 heavy (non-hydrogen) atoms. The third kappa shape index (κ3) is 2.27. The summed E-state index contributed by atoms with van der Waals surface area (Å²) in [7, 11) is 0. The first-order valence-corrected chi connectivity index (χ1v) is 6.38. The first-order valence-electron chi connectivity index (χ1n) is 6.00. The Bertz CT molecular complexity index is 709. The van der Waals surface area contributed by atoms with Gasteiger partial charge in [0.2, 0.25) is 5.88 Å². The second-order valence-corrected chi connectivity index (χ2v) is 4.49. The topological polar surface area (TPSA) is 39.9 Å². The number of aryl methyl sites for hydroxylation is 1. The van der Waals surface area contributed by atoms with Crippen molar-refractivity contribution in [1.29, 1.82) is 0 Å². The van der Waals surface area contributed by atoms with Gasteiger partial charge >= 0.3 is 0 Å². The summed E-state index contributed by atoms with van der Waals surface area (Å²) >= 11 is 6.19. The van der Waals surface area contributed by atoms with E-state index in [0.29, 0.717) is 5.88 Å². The van der Waals surface area contributed by atoms with Gasteiger partial charge in [0.25, 0.3) is 0 Å². The summed E-state index contributed by atoms with van der Waals surface area (Å²) in [6.07, 6.45) is 6.71. The monoisotopic (exact) mass is 273 g/mol. The van der Waals surface area contributed by atoms with Crippen molar-refractivity contribution in [2.24, 2.45) is 0 Å². The molecule has 0 unspecified atom stereocenters. The molecule has 96 valence electrons. The maximum absolute atomic E-state index is 6.19. The molecule has 0 saturated carbocycles. The second-order valence-electron chi connectivity index (χ2n) is 4.09. The van der Waals surface area contributed by atoms with Gasteiger partial charge in [0, 0.05) is 36.6 Å². The number of ether oxygens (including phenoxy) is 1. The van der Waals surface area contributed by atoms with Crippen LogP contribution >= 0.6 is 11.6 Å². The molecule has 0 saturated heterocycles. The molecule has 0 N–H and O–H groups in total. The van der Waals surface area contributed by atoms with Crippen LogP contribution in [0.3, 0.4) is 0 Å². The molecule has 0 aliphatic carbocycles. The molecule has 0 atom stereocenters. The van der Waals surface area contributed by atoms with Crippen LogP contribution in [-0.2, 0) is 6.54 Å². The third-order valence-corrected chi connectivity index (χ3v) is 3.21. The van der Waals surface area contributed by atoms with Gasteiger partial charge in [0.15, 0.2) is 0 Å². The lowest BCUT2D eigenvalue weighted by Crippen LogP contribution is -1.92. The Labute approximate surface area is 115 Å². The van der Waals surface area contributed by atoms with Gasteiger partial charge in [0.05, 0.1) is 16.7 Å². The highest BCUT2D eigenvalue weighted by molar-refractivity contribution is 6.35. The van der Waals surface area contributed by atoms with Crippen molar-refractivity contribution in [2.45, 2.75) is 13.5 Å². The number of aromatic nitrogens is 3. The molecule has 0 spiro atoms. The van der Waals surface area contributed by atoms with E-state index in [2.05, 4.69) is 21.5 Å². The van der Waals surface area contributed by atoms with Crippen LogP contribution in [0.4, 0.5) is 0 Å². The van der Waals surface area contributed by atoms with E-state index >= 15 is 0 Å². The molecule has 0 fully saturated rings. The predicted molar refractivity (Wildman–Crippen MR) is 74.7 cm³/mol. The number of nitrogens with zero attached hydrogens (tertiary/aromatic N) is 3. The minimum Gasteiger partial charge on any atom is -0.437 e. The van der Waals surface area contributed by atoms with Gasteiger partial charge in [-0.15, -0.1) is 0 Å². The molecule has 0 bridgehead atoms. The van der Waals surface area contributed by atoms with Crippen LogP contribution in [-0.4, -0.2) is 14.5 Å². The summed E-state index contributed by atoms with van der Waals surface area (Å²) in [5, 5.41) is 1.78. The average Bonchev–Trinajstić information content (AvgIpc) is 2.76. The molecular formula is C14H12ClN3O. The first-order chi connectivity index (χ1) is 9.28. The highest BCUT2D eigenvalue weighted by Crippen LogP contribution is 2.30. The van der Waals surface area contributed by atoms with Gasteiger partial charge in [-0.25, -0.2) is 4.98 Å². The van der Waals surface area contributed by atoms with Crippen LogP contribution in [0, 0.1) is 0 Å². The standard InChI is InChI=1S/C14H12ClN3O/c1-2-18-9-12(15)11-4-3-10(7-13(11)18)19-14-8-16-5-6-17-14/h3-9H,2H2,1H3. The fourth-order valence-corrected chi connectivity index (χ4v) is 2.29. The van der Waals surface area contributed by atoms with Crippen LogP contribution in [0.1, 0.15) is 6.92 Å². The molecule has 2 aromatic heterocycles. The smallest absolute Gasteiger partial charge is 0.237 e. The zero-order valence-electron chi connectivity index (χ0n) is 10.4. The van der Waals surface area contributed by atoms with Crippen molar-refractivity contribution in [3.05, 3.63) is 48.0 Å². The third-order valence-electron chi connectivity index (χ3n) is 2.91. The number of fused-ring (bicyclic) bond motifs is 1. The fraction of sp³-hybridized carbons (Fsp3) is 0.143. The molecule has 0 radical (unpaired) electrons. The zero-order valence-corrected chi connectivity index (χ0v) is 11.1. The summed E-state index contributed by atoms with van der Waals surface area (Å²) in [5.41, 5.74) is 1.05. The van der Waals surface area contributed by atoms with Gasteiger partial charge in [-0.2, -0.15) is 0 Å². The van der Waals surface area contributed by atoms with Gasteiger partial charge in [-0.05, 0) is 19.1 Å². The highest BCUT2D eigenvalue weighted by atomic mass is 35.5. The summed E-state index contributed by atoms with van der Waals surface area (Å²) in [5.74, 6) is 1.19. The van der Waals surface area contributed by atoms with Crippen molar-refractivity contribution >= 4 is 22.5 Å². The van der Waals surface area contributed by atoms with Crippen molar-refractivity contribution < 1.29 is 4.74 Å². The number of benzene rings is 1. The molecule has 3 rings (SSSR count). The maximum Gasteiger partial charge on any atom is 0.237 e. The van der Waals surface area contributed by atoms with Crippen LogP contribution < -0.4 is 4.74 Å². The maximum atomic E-state index is 6.19. The molecule has 4 nitrogen and oxygen atoms in total. The summed E-state index contributed by atoms with van der Waals surface area (Å²) in [6.45, 7) is 2.93. The van der Waals surface area contributed by atoms with E-state index in [-0.39, 0.29) is 0 Å². The number of hydrogen-bond donors (Lipinski definition) is 0. The Hall–Kier alpha value is -2.07. The predicted octanol–water partition coefficient (Wildman–Crippen LogP) is 3.90. The van der Waals surface area contributed by atoms with Crippen molar-refractivity contribution in [3.8, 4) is 11.6 Å². The van der Waals surface area contributed by atoms with E-state index in [0.717, 1.165) is 28.2 Å². The minimum absolute atomic E-state index is 0.475. The number of rotatable bonds is 3. The normalized spacial score (nSPS) is 10.8. The Morgan fingerprint density at radius 1 is 1.32 bits per heavy atom. The van der Waals surface area contributed by atoms with E-state index in [9.17, 15) is 0 Å². The van der Waals surface area contributed by atoms with Crippen molar-refractivity contribution in [1.82, 2.24) is 14.5 Å². The van der Waals surface area contributed by atoms with E-state index in [1.54, 1.807) is 18.6 Å². The first kappa shape index (κ1) is 12.0. The van der Waals surface area contributed by atoms with Gasteiger partial charge in [-0.1, -0.05) is 11.6 Å². The van der Waals surface area contributed by atoms with E-state index in [1.165, 1.54) is 0 Å². The van der Waals surface area contributed by atoms with E-state index in [4.69, 9.17) is 16.3 Å². The van der Waals surface area contributed by atoms with Crippen LogP contribution in [0.2, 0.25) is 5.02 Å². The van der Waals surface area contributed by atoms with E-state index < -0.39 is 0 Å². The molecular weight excluding hydrogens is 262 g/mol.